The minimum absolute atomic E-state index is 0.104. The van der Waals surface area contributed by atoms with Crippen molar-refractivity contribution < 1.29 is 0 Å². The summed E-state index contributed by atoms with van der Waals surface area (Å²) in [6.45, 7) is 9.73. The van der Waals surface area contributed by atoms with Crippen molar-refractivity contribution in [3.05, 3.63) is 169 Å². The first kappa shape index (κ1) is 30.9. The molecule has 0 saturated heterocycles. The van der Waals surface area contributed by atoms with E-state index in [9.17, 15) is 0 Å². The molecule has 0 unspecified atom stereocenters. The van der Waals surface area contributed by atoms with Gasteiger partial charge in [0.2, 0.25) is 0 Å². The van der Waals surface area contributed by atoms with Gasteiger partial charge in [-0.2, -0.15) is 0 Å². The van der Waals surface area contributed by atoms with E-state index in [1.54, 1.807) is 0 Å². The average Bonchev–Trinajstić information content (AvgIpc) is 3.70. The van der Waals surface area contributed by atoms with Crippen LogP contribution in [0.1, 0.15) is 51.7 Å². The molecule has 0 radical (unpaired) electrons. The molecule has 0 fully saturated rings. The Morgan fingerprint density at radius 1 is 0.365 bits per heavy atom. The second-order valence-corrected chi connectivity index (χ2v) is 16.1. The van der Waals surface area contributed by atoms with Gasteiger partial charge in [0.1, 0.15) is 0 Å². The van der Waals surface area contributed by atoms with E-state index in [4.69, 9.17) is 0 Å². The van der Waals surface area contributed by atoms with Crippen molar-refractivity contribution in [3.8, 4) is 33.6 Å². The molecule has 1 aliphatic carbocycles. The number of rotatable bonds is 4. The predicted molar refractivity (Wildman–Crippen MR) is 221 cm³/mol. The van der Waals surface area contributed by atoms with Gasteiger partial charge >= 0.3 is 0 Å². The van der Waals surface area contributed by atoms with Gasteiger partial charge in [-0.05, 0) is 106 Å². The van der Waals surface area contributed by atoms with Crippen LogP contribution in [0.3, 0.4) is 0 Å². The highest BCUT2D eigenvalue weighted by atomic mass is 15.0. The molecular formula is C50H42N2. The van der Waals surface area contributed by atoms with Crippen LogP contribution in [0.25, 0.3) is 77.2 Å². The van der Waals surface area contributed by atoms with E-state index in [0.29, 0.717) is 0 Å². The van der Waals surface area contributed by atoms with E-state index in [0.717, 1.165) is 5.69 Å². The maximum absolute atomic E-state index is 2.56. The molecule has 2 heteroatoms. The van der Waals surface area contributed by atoms with Gasteiger partial charge in [-0.1, -0.05) is 137 Å². The zero-order valence-corrected chi connectivity index (χ0v) is 30.3. The molecule has 252 valence electrons. The average molecular weight is 671 g/mol. The Morgan fingerprint density at radius 3 is 1.44 bits per heavy atom. The fraction of sp³-hybridized carbons (Fsp3) is 0.160. The van der Waals surface area contributed by atoms with Crippen LogP contribution in [0.5, 0.6) is 0 Å². The SMILES string of the molecule is CC1(C)CCC(C)(C)c2cc3c(cc21)c1ccc2c4ccccc4n(-c4cc(-c5ccccc5)cc(-c5ccccc5)c4)c2c1n3-c1ccccc1. The summed E-state index contributed by atoms with van der Waals surface area (Å²) in [6.07, 6.45) is 2.37. The van der Waals surface area contributed by atoms with Crippen LogP contribution in [0.4, 0.5) is 0 Å². The van der Waals surface area contributed by atoms with Crippen molar-refractivity contribution in [3.63, 3.8) is 0 Å². The van der Waals surface area contributed by atoms with Gasteiger partial charge in [-0.25, -0.2) is 0 Å². The van der Waals surface area contributed by atoms with Gasteiger partial charge < -0.3 is 9.13 Å². The van der Waals surface area contributed by atoms with E-state index < -0.39 is 0 Å². The van der Waals surface area contributed by atoms with Crippen molar-refractivity contribution in [2.75, 3.05) is 0 Å². The van der Waals surface area contributed by atoms with Gasteiger partial charge in [-0.15, -0.1) is 0 Å². The van der Waals surface area contributed by atoms with Crippen molar-refractivity contribution in [2.24, 2.45) is 0 Å². The summed E-state index contributed by atoms with van der Waals surface area (Å²) in [5.41, 5.74) is 15.3. The van der Waals surface area contributed by atoms with Crippen LogP contribution < -0.4 is 0 Å². The highest BCUT2D eigenvalue weighted by Crippen LogP contribution is 2.50. The highest BCUT2D eigenvalue weighted by molar-refractivity contribution is 6.24. The second kappa shape index (κ2) is 11.3. The highest BCUT2D eigenvalue weighted by Gasteiger charge is 2.38. The van der Waals surface area contributed by atoms with E-state index in [-0.39, 0.29) is 10.8 Å². The lowest BCUT2D eigenvalue weighted by atomic mass is 9.63. The third-order valence-corrected chi connectivity index (χ3v) is 11.9. The summed E-state index contributed by atoms with van der Waals surface area (Å²) in [5, 5.41) is 5.14. The topological polar surface area (TPSA) is 9.86 Å². The van der Waals surface area contributed by atoms with Crippen molar-refractivity contribution in [2.45, 2.75) is 51.4 Å². The standard InChI is InChI=1S/C50H42N2/c1-49(2)26-27-50(3,4)44-32-46-42(31-43(44)49)41-25-24-40-39-22-14-15-23-45(39)52(47(40)48(41)51(46)37-20-12-7-13-21-37)38-29-35(33-16-8-5-9-17-33)28-36(30-38)34-18-10-6-11-19-34/h5-25,28-32H,26-27H2,1-4H3. The molecule has 0 atom stereocenters. The predicted octanol–water partition coefficient (Wildman–Crippen LogP) is 13.6. The fourth-order valence-electron chi connectivity index (χ4n) is 9.06. The molecule has 0 aliphatic heterocycles. The van der Waals surface area contributed by atoms with E-state index in [2.05, 4.69) is 195 Å². The number of fused-ring (bicyclic) bond motifs is 8. The Bertz CT molecular complexity index is 2760. The van der Waals surface area contributed by atoms with Crippen LogP contribution in [-0.2, 0) is 10.8 Å². The Balaban J connectivity index is 1.40. The lowest BCUT2D eigenvalue weighted by Gasteiger charge is -2.42. The van der Waals surface area contributed by atoms with Crippen molar-refractivity contribution >= 4 is 43.6 Å². The maximum Gasteiger partial charge on any atom is 0.0788 e. The third-order valence-electron chi connectivity index (χ3n) is 11.9. The molecule has 0 amide bonds. The molecular weight excluding hydrogens is 629 g/mol. The summed E-state index contributed by atoms with van der Waals surface area (Å²) in [6, 6.07) is 58.5. The van der Waals surface area contributed by atoms with Crippen molar-refractivity contribution in [1.29, 1.82) is 0 Å². The molecule has 52 heavy (non-hydrogen) atoms. The first-order valence-electron chi connectivity index (χ1n) is 18.7. The molecule has 2 aromatic heterocycles. The Morgan fingerprint density at radius 2 is 0.846 bits per heavy atom. The molecule has 10 rings (SSSR count). The molecule has 2 heterocycles. The molecule has 0 saturated carbocycles. The fourth-order valence-corrected chi connectivity index (χ4v) is 9.06. The van der Waals surface area contributed by atoms with E-state index >= 15 is 0 Å². The quantitative estimate of drug-likeness (QED) is 0.176. The number of benzene rings is 7. The van der Waals surface area contributed by atoms with Crippen LogP contribution in [0, 0.1) is 0 Å². The van der Waals surface area contributed by atoms with Gasteiger partial charge in [0, 0.05) is 32.9 Å². The Labute approximate surface area is 305 Å². The number of hydrogen-bond donors (Lipinski definition) is 0. The summed E-state index contributed by atoms with van der Waals surface area (Å²) in [5.74, 6) is 0. The van der Waals surface area contributed by atoms with Crippen LogP contribution in [0.15, 0.2) is 158 Å². The van der Waals surface area contributed by atoms with Crippen LogP contribution in [0.2, 0.25) is 0 Å². The van der Waals surface area contributed by atoms with Gasteiger partial charge in [0.25, 0.3) is 0 Å². The normalized spacial score (nSPS) is 15.1. The number of aromatic nitrogens is 2. The van der Waals surface area contributed by atoms with E-state index in [1.165, 1.54) is 95.5 Å². The van der Waals surface area contributed by atoms with Gasteiger partial charge in [-0.3, -0.25) is 0 Å². The summed E-state index contributed by atoms with van der Waals surface area (Å²) < 4.78 is 5.09. The van der Waals surface area contributed by atoms with Gasteiger partial charge in [0.15, 0.2) is 0 Å². The second-order valence-electron chi connectivity index (χ2n) is 16.1. The van der Waals surface area contributed by atoms with Gasteiger partial charge in [0.05, 0.1) is 22.1 Å². The molecule has 0 spiro atoms. The number of para-hydroxylation sites is 2. The summed E-state index contributed by atoms with van der Waals surface area (Å²) in [4.78, 5) is 0. The monoisotopic (exact) mass is 670 g/mol. The van der Waals surface area contributed by atoms with Crippen molar-refractivity contribution in [1.82, 2.24) is 9.13 Å². The maximum atomic E-state index is 2.56. The molecule has 1 aliphatic rings. The summed E-state index contributed by atoms with van der Waals surface area (Å²) >= 11 is 0. The van der Waals surface area contributed by atoms with Crippen LogP contribution in [-0.4, -0.2) is 9.13 Å². The first-order valence-corrected chi connectivity index (χ1v) is 18.7. The molecule has 0 N–H and O–H groups in total. The minimum atomic E-state index is 0.104. The largest absolute Gasteiger partial charge is 0.307 e. The minimum Gasteiger partial charge on any atom is -0.307 e. The van der Waals surface area contributed by atoms with Crippen LogP contribution >= 0.6 is 0 Å². The Hall–Kier alpha value is -5.86. The summed E-state index contributed by atoms with van der Waals surface area (Å²) in [7, 11) is 0. The number of hydrogen-bond acceptors (Lipinski definition) is 0. The number of nitrogens with zero attached hydrogens (tertiary/aromatic N) is 2. The molecule has 9 aromatic rings. The van der Waals surface area contributed by atoms with E-state index in [1.807, 2.05) is 0 Å². The first-order chi connectivity index (χ1) is 25.3. The molecule has 0 bridgehead atoms. The molecule has 7 aromatic carbocycles. The smallest absolute Gasteiger partial charge is 0.0788 e. The third kappa shape index (κ3) is 4.63. The molecule has 2 nitrogen and oxygen atoms in total. The zero-order valence-electron chi connectivity index (χ0n) is 30.3. The lowest BCUT2D eigenvalue weighted by molar-refractivity contribution is 0.332. The Kier molecular flexibility index (Phi) is 6.73. The lowest BCUT2D eigenvalue weighted by Crippen LogP contribution is -2.33. The zero-order chi connectivity index (χ0) is 35.2.